The van der Waals surface area contributed by atoms with Crippen LogP contribution in [-0.2, 0) is 14.3 Å². The standard InChI is InChI=1S/C14H17BrN2O6/c1-16(14(21)10-2-3-11(15)23-10)7-12(18)17-4-5-22-8-9(17)6-13(19)20/h2-3,9H,4-8H2,1H3,(H,19,20). The molecule has 1 aromatic heterocycles. The van der Waals surface area contributed by atoms with Crippen LogP contribution in [0, 0.1) is 0 Å². The lowest BCUT2D eigenvalue weighted by Crippen LogP contribution is -2.52. The predicted molar refractivity (Wildman–Crippen MR) is 81.9 cm³/mol. The minimum atomic E-state index is -0.997. The van der Waals surface area contributed by atoms with Gasteiger partial charge < -0.3 is 24.1 Å². The molecule has 1 saturated heterocycles. The Balaban J connectivity index is 1.98. The second kappa shape index (κ2) is 7.60. The first-order valence-electron chi connectivity index (χ1n) is 6.98. The zero-order chi connectivity index (χ0) is 17.0. The first-order valence-corrected chi connectivity index (χ1v) is 7.77. The fourth-order valence-corrected chi connectivity index (χ4v) is 2.64. The van der Waals surface area contributed by atoms with Crippen molar-refractivity contribution in [3.8, 4) is 0 Å². The van der Waals surface area contributed by atoms with Crippen molar-refractivity contribution in [1.29, 1.82) is 0 Å². The summed E-state index contributed by atoms with van der Waals surface area (Å²) in [6.07, 6.45) is -0.186. The van der Waals surface area contributed by atoms with E-state index in [2.05, 4.69) is 15.9 Å². The average molecular weight is 389 g/mol. The second-order valence-electron chi connectivity index (χ2n) is 5.18. The molecule has 1 atom stereocenters. The molecule has 0 aliphatic carbocycles. The summed E-state index contributed by atoms with van der Waals surface area (Å²) in [7, 11) is 1.49. The third kappa shape index (κ3) is 4.55. The van der Waals surface area contributed by atoms with Crippen LogP contribution < -0.4 is 0 Å². The number of morpholine rings is 1. The molecule has 126 valence electrons. The molecular formula is C14H17BrN2O6. The average Bonchev–Trinajstić information content (AvgIpc) is 2.92. The Morgan fingerprint density at radius 3 is 2.78 bits per heavy atom. The molecule has 1 aromatic rings. The van der Waals surface area contributed by atoms with Crippen molar-refractivity contribution < 1.29 is 28.6 Å². The highest BCUT2D eigenvalue weighted by Crippen LogP contribution is 2.16. The van der Waals surface area contributed by atoms with Gasteiger partial charge in [-0.15, -0.1) is 0 Å². The number of nitrogens with zero attached hydrogens (tertiary/aromatic N) is 2. The third-order valence-electron chi connectivity index (χ3n) is 3.46. The normalized spacial score (nSPS) is 17.8. The van der Waals surface area contributed by atoms with Crippen LogP contribution in [0.2, 0.25) is 0 Å². The van der Waals surface area contributed by atoms with Crippen molar-refractivity contribution in [3.05, 3.63) is 22.6 Å². The smallest absolute Gasteiger partial charge is 0.305 e. The summed E-state index contributed by atoms with van der Waals surface area (Å²) < 4.78 is 10.8. The van der Waals surface area contributed by atoms with Crippen LogP contribution in [0.1, 0.15) is 17.0 Å². The zero-order valence-corrected chi connectivity index (χ0v) is 14.1. The van der Waals surface area contributed by atoms with Crippen LogP contribution in [0.3, 0.4) is 0 Å². The quantitative estimate of drug-likeness (QED) is 0.800. The fraction of sp³-hybridized carbons (Fsp3) is 0.500. The van der Waals surface area contributed by atoms with E-state index in [0.29, 0.717) is 17.8 Å². The van der Waals surface area contributed by atoms with Crippen molar-refractivity contribution >= 4 is 33.7 Å². The van der Waals surface area contributed by atoms with Crippen molar-refractivity contribution in [3.63, 3.8) is 0 Å². The van der Waals surface area contributed by atoms with Crippen LogP contribution in [0.15, 0.2) is 21.2 Å². The number of ether oxygens (including phenoxy) is 1. The Morgan fingerprint density at radius 1 is 1.43 bits per heavy atom. The van der Waals surface area contributed by atoms with Gasteiger partial charge in [-0.25, -0.2) is 0 Å². The van der Waals surface area contributed by atoms with Crippen molar-refractivity contribution in [2.24, 2.45) is 0 Å². The van der Waals surface area contributed by atoms with Crippen LogP contribution >= 0.6 is 15.9 Å². The van der Waals surface area contributed by atoms with E-state index in [4.69, 9.17) is 14.3 Å². The number of likely N-dealkylation sites (N-methyl/N-ethyl adjacent to an activating group) is 1. The Bertz CT molecular complexity index is 602. The maximum absolute atomic E-state index is 12.4. The first kappa shape index (κ1) is 17.5. The van der Waals surface area contributed by atoms with Gasteiger partial charge in [0.05, 0.1) is 32.2 Å². The summed E-state index contributed by atoms with van der Waals surface area (Å²) >= 11 is 3.11. The maximum atomic E-state index is 12.4. The van der Waals surface area contributed by atoms with E-state index in [1.54, 1.807) is 6.07 Å². The molecule has 1 N–H and O–H groups in total. The van der Waals surface area contributed by atoms with Gasteiger partial charge in [-0.3, -0.25) is 14.4 Å². The van der Waals surface area contributed by atoms with E-state index in [0.717, 1.165) is 0 Å². The van der Waals surface area contributed by atoms with Gasteiger partial charge in [0.25, 0.3) is 5.91 Å². The van der Waals surface area contributed by atoms with E-state index in [9.17, 15) is 14.4 Å². The largest absolute Gasteiger partial charge is 0.481 e. The number of halogens is 1. The van der Waals surface area contributed by atoms with E-state index < -0.39 is 17.9 Å². The van der Waals surface area contributed by atoms with Crippen molar-refractivity contribution in [2.45, 2.75) is 12.5 Å². The van der Waals surface area contributed by atoms with E-state index >= 15 is 0 Å². The lowest BCUT2D eigenvalue weighted by Gasteiger charge is -2.35. The van der Waals surface area contributed by atoms with Gasteiger partial charge in [0.2, 0.25) is 5.91 Å². The highest BCUT2D eigenvalue weighted by atomic mass is 79.9. The highest BCUT2D eigenvalue weighted by Gasteiger charge is 2.30. The molecule has 1 aliphatic heterocycles. The Kier molecular flexibility index (Phi) is 5.78. The van der Waals surface area contributed by atoms with E-state index in [-0.39, 0.29) is 31.2 Å². The number of hydrogen-bond donors (Lipinski definition) is 1. The lowest BCUT2D eigenvalue weighted by atomic mass is 10.1. The maximum Gasteiger partial charge on any atom is 0.305 e. The predicted octanol–water partition coefficient (Wildman–Crippen LogP) is 0.816. The molecule has 9 heteroatoms. The van der Waals surface area contributed by atoms with E-state index in [1.807, 2.05) is 0 Å². The second-order valence-corrected chi connectivity index (χ2v) is 5.96. The molecule has 2 rings (SSSR count). The molecular weight excluding hydrogens is 372 g/mol. The van der Waals surface area contributed by atoms with Crippen LogP contribution in [0.25, 0.3) is 0 Å². The summed E-state index contributed by atoms with van der Waals surface area (Å²) in [5, 5.41) is 8.91. The lowest BCUT2D eigenvalue weighted by molar-refractivity contribution is -0.146. The minimum Gasteiger partial charge on any atom is -0.481 e. The molecule has 1 fully saturated rings. The molecule has 1 unspecified atom stereocenters. The monoisotopic (exact) mass is 388 g/mol. The molecule has 0 bridgehead atoms. The van der Waals surface area contributed by atoms with E-state index in [1.165, 1.54) is 22.9 Å². The molecule has 8 nitrogen and oxygen atoms in total. The minimum absolute atomic E-state index is 0.122. The van der Waals surface area contributed by atoms with Gasteiger partial charge in [-0.1, -0.05) is 0 Å². The molecule has 1 aliphatic rings. The molecule has 2 heterocycles. The number of aliphatic carboxylic acids is 1. The van der Waals surface area contributed by atoms with Gasteiger partial charge in [-0.2, -0.15) is 0 Å². The third-order valence-corrected chi connectivity index (χ3v) is 3.89. The molecule has 2 amide bonds. The van der Waals surface area contributed by atoms with Crippen LogP contribution in [0.4, 0.5) is 0 Å². The van der Waals surface area contributed by atoms with Gasteiger partial charge >= 0.3 is 5.97 Å². The molecule has 0 aromatic carbocycles. The number of carbonyl (C=O) groups is 3. The van der Waals surface area contributed by atoms with Gasteiger partial charge in [0, 0.05) is 13.6 Å². The zero-order valence-electron chi connectivity index (χ0n) is 12.5. The highest BCUT2D eigenvalue weighted by molar-refractivity contribution is 9.10. The number of hydrogen-bond acceptors (Lipinski definition) is 5. The van der Waals surface area contributed by atoms with Gasteiger partial charge in [0.1, 0.15) is 0 Å². The molecule has 0 radical (unpaired) electrons. The SMILES string of the molecule is CN(CC(=O)N1CCOCC1CC(=O)O)C(=O)c1ccc(Br)o1. The Labute approximate surface area is 141 Å². The summed E-state index contributed by atoms with van der Waals surface area (Å²) in [4.78, 5) is 38.1. The molecule has 0 spiro atoms. The van der Waals surface area contributed by atoms with Gasteiger partial charge in [-0.05, 0) is 28.1 Å². The number of carbonyl (C=O) groups excluding carboxylic acids is 2. The number of carboxylic acids is 1. The number of carboxylic acid groups (broad SMARTS) is 1. The number of amides is 2. The summed E-state index contributed by atoms with van der Waals surface area (Å²) in [5.41, 5.74) is 0. The molecule has 23 heavy (non-hydrogen) atoms. The van der Waals surface area contributed by atoms with Crippen LogP contribution in [-0.4, -0.2) is 72.1 Å². The fourth-order valence-electron chi connectivity index (χ4n) is 2.34. The Morgan fingerprint density at radius 2 is 2.17 bits per heavy atom. The Hall–Kier alpha value is -1.87. The summed E-state index contributed by atoms with van der Waals surface area (Å²) in [5.74, 6) is -1.62. The molecule has 0 saturated carbocycles. The summed E-state index contributed by atoms with van der Waals surface area (Å²) in [6.45, 7) is 0.684. The van der Waals surface area contributed by atoms with Gasteiger partial charge in [0.15, 0.2) is 10.4 Å². The van der Waals surface area contributed by atoms with Crippen molar-refractivity contribution in [1.82, 2.24) is 9.80 Å². The first-order chi connectivity index (χ1) is 10.9. The number of rotatable bonds is 5. The number of furan rings is 1. The topological polar surface area (TPSA) is 100 Å². The summed E-state index contributed by atoms with van der Waals surface area (Å²) in [6, 6.07) is 2.58. The van der Waals surface area contributed by atoms with Crippen molar-refractivity contribution in [2.75, 3.05) is 33.4 Å². The van der Waals surface area contributed by atoms with Crippen LogP contribution in [0.5, 0.6) is 0 Å².